The molecule has 5 rings (SSSR count). The van der Waals surface area contributed by atoms with E-state index in [9.17, 15) is 15.3 Å². The molecule has 0 bridgehead atoms. The summed E-state index contributed by atoms with van der Waals surface area (Å²) in [4.78, 5) is 0. The second-order valence-electron chi connectivity index (χ2n) is 9.44. The third-order valence-electron chi connectivity index (χ3n) is 7.96. The van der Waals surface area contributed by atoms with Crippen LogP contribution in [0.15, 0.2) is 48.5 Å². The molecule has 0 saturated heterocycles. The lowest BCUT2D eigenvalue weighted by Crippen LogP contribution is -2.46. The third-order valence-corrected chi connectivity index (χ3v) is 7.96. The Morgan fingerprint density at radius 3 is 2.59 bits per heavy atom. The molecule has 0 aliphatic heterocycles. The number of ether oxygens (including phenoxy) is 1. The molecule has 3 N–H and O–H groups in total. The van der Waals surface area contributed by atoms with Gasteiger partial charge in [0.05, 0.1) is 12.2 Å². The van der Waals surface area contributed by atoms with Gasteiger partial charge in [-0.3, -0.25) is 0 Å². The van der Waals surface area contributed by atoms with Crippen molar-refractivity contribution in [1.29, 1.82) is 0 Å². The summed E-state index contributed by atoms with van der Waals surface area (Å²) in [6, 6.07) is 16.6. The first-order valence-corrected chi connectivity index (χ1v) is 10.8. The molecular weight excluding hydrogens is 364 g/mol. The minimum Gasteiger partial charge on any atom is -0.489 e. The van der Waals surface area contributed by atoms with Gasteiger partial charge in [0.25, 0.3) is 0 Å². The number of hydrogen-bond donors (Lipinski definition) is 3. The fourth-order valence-corrected chi connectivity index (χ4v) is 6.44. The van der Waals surface area contributed by atoms with Crippen molar-refractivity contribution in [1.82, 2.24) is 0 Å². The summed E-state index contributed by atoms with van der Waals surface area (Å²) in [6.45, 7) is 2.61. The van der Waals surface area contributed by atoms with E-state index in [4.69, 9.17) is 4.74 Å². The molecule has 2 aromatic carbocycles. The summed E-state index contributed by atoms with van der Waals surface area (Å²) in [5, 5.41) is 31.6. The van der Waals surface area contributed by atoms with Crippen molar-refractivity contribution >= 4 is 0 Å². The lowest BCUT2D eigenvalue weighted by Gasteiger charge is -2.50. The summed E-state index contributed by atoms with van der Waals surface area (Å²) in [7, 11) is 0. The van der Waals surface area contributed by atoms with E-state index in [1.165, 1.54) is 11.1 Å². The van der Waals surface area contributed by atoms with E-state index < -0.39 is 23.7 Å². The predicted octanol–water partition coefficient (Wildman–Crippen LogP) is 3.42. The van der Waals surface area contributed by atoms with Crippen molar-refractivity contribution in [3.63, 3.8) is 0 Å². The molecule has 0 heterocycles. The van der Waals surface area contributed by atoms with E-state index in [1.807, 2.05) is 25.1 Å². The quantitative estimate of drug-likeness (QED) is 0.746. The number of hydrogen-bond acceptors (Lipinski definition) is 4. The number of aliphatic hydroxyl groups excluding tert-OH is 3. The zero-order valence-corrected chi connectivity index (χ0v) is 16.9. The highest BCUT2D eigenvalue weighted by atomic mass is 16.5. The molecule has 3 unspecified atom stereocenters. The number of fused-ring (bicyclic) bond motifs is 5. The van der Waals surface area contributed by atoms with Gasteiger partial charge in [0.2, 0.25) is 0 Å². The van der Waals surface area contributed by atoms with E-state index in [-0.39, 0.29) is 5.92 Å². The lowest BCUT2D eigenvalue weighted by molar-refractivity contribution is -0.0505. The highest BCUT2D eigenvalue weighted by molar-refractivity contribution is 5.41. The Hall–Kier alpha value is -1.88. The second kappa shape index (κ2) is 7.12. The normalized spacial score (nSPS) is 38.1. The average molecular weight is 395 g/mol. The first-order valence-electron chi connectivity index (χ1n) is 10.8. The van der Waals surface area contributed by atoms with Crippen LogP contribution >= 0.6 is 0 Å². The Kier molecular flexibility index (Phi) is 4.69. The largest absolute Gasteiger partial charge is 0.489 e. The van der Waals surface area contributed by atoms with Crippen LogP contribution in [-0.2, 0) is 13.0 Å². The summed E-state index contributed by atoms with van der Waals surface area (Å²) in [6.07, 6.45) is 1.06. The van der Waals surface area contributed by atoms with E-state index in [0.29, 0.717) is 18.4 Å². The van der Waals surface area contributed by atoms with Crippen LogP contribution < -0.4 is 4.74 Å². The summed E-state index contributed by atoms with van der Waals surface area (Å²) < 4.78 is 6.02. The summed E-state index contributed by atoms with van der Waals surface area (Å²) >= 11 is 0. The maximum atomic E-state index is 10.7. The molecule has 2 aromatic rings. The number of benzene rings is 2. The Morgan fingerprint density at radius 2 is 1.79 bits per heavy atom. The predicted molar refractivity (Wildman–Crippen MR) is 111 cm³/mol. The molecule has 0 radical (unpaired) electrons. The molecule has 4 nitrogen and oxygen atoms in total. The van der Waals surface area contributed by atoms with Crippen LogP contribution in [0.5, 0.6) is 5.75 Å². The van der Waals surface area contributed by atoms with Crippen molar-refractivity contribution in [2.45, 2.75) is 63.4 Å². The molecule has 2 fully saturated rings. The van der Waals surface area contributed by atoms with Gasteiger partial charge in [0.15, 0.2) is 0 Å². The van der Waals surface area contributed by atoms with Gasteiger partial charge in [-0.1, -0.05) is 43.3 Å². The van der Waals surface area contributed by atoms with Gasteiger partial charge in [0, 0.05) is 5.41 Å². The van der Waals surface area contributed by atoms with Crippen LogP contribution in [0, 0.1) is 17.3 Å². The third kappa shape index (κ3) is 3.00. The van der Waals surface area contributed by atoms with Crippen molar-refractivity contribution in [3.05, 3.63) is 65.2 Å². The maximum absolute atomic E-state index is 10.7. The molecule has 3 aliphatic rings. The van der Waals surface area contributed by atoms with Crippen molar-refractivity contribution in [2.24, 2.45) is 17.3 Å². The van der Waals surface area contributed by atoms with Gasteiger partial charge in [-0.05, 0) is 72.3 Å². The minimum absolute atomic E-state index is 0.0478. The lowest BCUT2D eigenvalue weighted by atomic mass is 9.55. The highest BCUT2D eigenvalue weighted by Crippen LogP contribution is 2.61. The zero-order valence-electron chi connectivity index (χ0n) is 16.9. The zero-order chi connectivity index (χ0) is 20.2. The molecule has 4 heteroatoms. The Bertz CT molecular complexity index is 882. The van der Waals surface area contributed by atoms with Crippen LogP contribution in [0.4, 0.5) is 0 Å². The highest BCUT2D eigenvalue weighted by Gasteiger charge is 2.62. The standard InChI is InChI=1S/C25H30O4/c1-25-12-11-19-18-10-8-17(29-14-15-5-3-2-4-6-15)13-16(18)7-9-20(19)21(25)22(26)23(27)24(25)28/h2-6,8,10,13,19-24,26-28H,7,9,11-12,14H2,1H3/t19-,20-,21-,22?,23?,24?,25+/m1/s1. The van der Waals surface area contributed by atoms with Gasteiger partial charge in [-0.2, -0.15) is 0 Å². The molecule has 2 saturated carbocycles. The second-order valence-corrected chi connectivity index (χ2v) is 9.44. The van der Waals surface area contributed by atoms with E-state index in [0.717, 1.165) is 37.0 Å². The van der Waals surface area contributed by atoms with Crippen LogP contribution in [0.1, 0.15) is 48.8 Å². The topological polar surface area (TPSA) is 69.9 Å². The van der Waals surface area contributed by atoms with Crippen LogP contribution in [-0.4, -0.2) is 33.6 Å². The average Bonchev–Trinajstić information content (AvgIpc) is 2.93. The minimum atomic E-state index is -1.03. The van der Waals surface area contributed by atoms with Crippen molar-refractivity contribution in [2.75, 3.05) is 0 Å². The fourth-order valence-electron chi connectivity index (χ4n) is 6.44. The SMILES string of the molecule is C[C@]12CC[C@@H]3c4ccc(OCc5ccccc5)cc4CC[C@H]3[C@@H]1C(O)C(O)C2O. The van der Waals surface area contributed by atoms with Gasteiger partial charge in [-0.15, -0.1) is 0 Å². The Balaban J connectivity index is 1.37. The van der Waals surface area contributed by atoms with E-state index in [1.54, 1.807) is 0 Å². The van der Waals surface area contributed by atoms with Gasteiger partial charge >= 0.3 is 0 Å². The number of aliphatic hydroxyl groups is 3. The maximum Gasteiger partial charge on any atom is 0.120 e. The summed E-state index contributed by atoms with van der Waals surface area (Å²) in [5.41, 5.74) is 3.47. The van der Waals surface area contributed by atoms with Gasteiger partial charge in [-0.25, -0.2) is 0 Å². The Morgan fingerprint density at radius 1 is 1.00 bits per heavy atom. The molecule has 154 valence electrons. The molecular formula is C25H30O4. The number of rotatable bonds is 3. The molecule has 29 heavy (non-hydrogen) atoms. The molecule has 7 atom stereocenters. The molecule has 0 spiro atoms. The van der Waals surface area contributed by atoms with E-state index in [2.05, 4.69) is 30.3 Å². The first-order chi connectivity index (χ1) is 14.0. The van der Waals surface area contributed by atoms with Gasteiger partial charge < -0.3 is 20.1 Å². The van der Waals surface area contributed by atoms with Crippen LogP contribution in [0.2, 0.25) is 0 Å². The van der Waals surface area contributed by atoms with Crippen LogP contribution in [0.3, 0.4) is 0 Å². The fraction of sp³-hybridized carbons (Fsp3) is 0.520. The van der Waals surface area contributed by atoms with E-state index >= 15 is 0 Å². The smallest absolute Gasteiger partial charge is 0.120 e. The van der Waals surface area contributed by atoms with Crippen LogP contribution in [0.25, 0.3) is 0 Å². The Labute approximate surface area is 172 Å². The monoisotopic (exact) mass is 394 g/mol. The molecule has 3 aliphatic carbocycles. The van der Waals surface area contributed by atoms with Crippen molar-refractivity contribution in [3.8, 4) is 5.75 Å². The molecule has 0 amide bonds. The molecule has 0 aromatic heterocycles. The van der Waals surface area contributed by atoms with Gasteiger partial charge in [0.1, 0.15) is 18.5 Å². The number of aryl methyl sites for hydroxylation is 1. The van der Waals surface area contributed by atoms with Crippen molar-refractivity contribution < 1.29 is 20.1 Å². The summed E-state index contributed by atoms with van der Waals surface area (Å²) in [5.74, 6) is 1.54. The first kappa shape index (κ1) is 19.1.